The van der Waals surface area contributed by atoms with Gasteiger partial charge in [0, 0.05) is 12.6 Å². The van der Waals surface area contributed by atoms with Crippen LogP contribution in [-0.4, -0.2) is 30.7 Å². The first-order chi connectivity index (χ1) is 11.0. The van der Waals surface area contributed by atoms with Crippen molar-refractivity contribution in [2.24, 2.45) is 0 Å². The molecule has 1 N–H and O–H groups in total. The van der Waals surface area contributed by atoms with Crippen molar-refractivity contribution in [2.75, 3.05) is 13.7 Å². The summed E-state index contributed by atoms with van der Waals surface area (Å²) in [5, 5.41) is 6.39. The van der Waals surface area contributed by atoms with Gasteiger partial charge in [-0.15, -0.1) is 0 Å². The number of methoxy groups -OCH3 is 1. The lowest BCUT2D eigenvalue weighted by Crippen LogP contribution is -2.33. The van der Waals surface area contributed by atoms with E-state index in [4.69, 9.17) is 9.26 Å². The molecule has 2 rings (SSSR count). The minimum atomic E-state index is -0.705. The first-order valence-electron chi connectivity index (χ1n) is 7.01. The van der Waals surface area contributed by atoms with Crippen LogP contribution >= 0.6 is 0 Å². The number of ether oxygens (including phenoxy) is 1. The monoisotopic (exact) mass is 320 g/mol. The molecule has 0 saturated heterocycles. The molecule has 6 nitrogen and oxygen atoms in total. The first-order valence-corrected chi connectivity index (χ1v) is 7.01. The molecule has 0 aliphatic carbocycles. The summed E-state index contributed by atoms with van der Waals surface area (Å²) in [4.78, 5) is 23.8. The summed E-state index contributed by atoms with van der Waals surface area (Å²) in [5.41, 5.74) is 1.08. The summed E-state index contributed by atoms with van der Waals surface area (Å²) in [5.74, 6) is -1.29. The van der Waals surface area contributed by atoms with Crippen molar-refractivity contribution in [3.05, 3.63) is 53.2 Å². The molecule has 0 unspecified atom stereocenters. The van der Waals surface area contributed by atoms with Gasteiger partial charge in [0.1, 0.15) is 11.6 Å². The molecule has 1 aromatic heterocycles. The second-order valence-electron chi connectivity index (χ2n) is 5.04. The molecule has 0 bridgehead atoms. The lowest BCUT2D eigenvalue weighted by atomic mass is 9.99. The Morgan fingerprint density at radius 2 is 2.04 bits per heavy atom. The van der Waals surface area contributed by atoms with Crippen LogP contribution < -0.4 is 5.32 Å². The van der Waals surface area contributed by atoms with Gasteiger partial charge in [-0.2, -0.15) is 0 Å². The van der Waals surface area contributed by atoms with Crippen molar-refractivity contribution in [3.63, 3.8) is 0 Å². The smallest absolute Gasteiger partial charge is 0.314 e. The Morgan fingerprint density at radius 1 is 1.35 bits per heavy atom. The molecule has 0 spiro atoms. The van der Waals surface area contributed by atoms with E-state index in [1.807, 2.05) is 0 Å². The summed E-state index contributed by atoms with van der Waals surface area (Å²) >= 11 is 0. The summed E-state index contributed by atoms with van der Waals surface area (Å²) in [6.07, 6.45) is 0.0502. The molecule has 0 aliphatic heterocycles. The van der Waals surface area contributed by atoms with Crippen molar-refractivity contribution >= 4 is 11.9 Å². The van der Waals surface area contributed by atoms with E-state index in [1.54, 1.807) is 13.0 Å². The molecule has 0 saturated carbocycles. The van der Waals surface area contributed by atoms with Crippen molar-refractivity contribution in [1.82, 2.24) is 10.5 Å². The van der Waals surface area contributed by atoms with Gasteiger partial charge in [-0.25, -0.2) is 4.39 Å². The van der Waals surface area contributed by atoms with Crippen molar-refractivity contribution in [3.8, 4) is 0 Å². The Kier molecular flexibility index (Phi) is 5.46. The number of nitrogens with zero attached hydrogens (tertiary/aromatic N) is 1. The SMILES string of the molecule is COC(=O)[C@@H](CNC(=O)Cc1cc(C)on1)c1ccc(F)cc1. The maximum atomic E-state index is 13.0. The van der Waals surface area contributed by atoms with Crippen LogP contribution in [0.25, 0.3) is 0 Å². The van der Waals surface area contributed by atoms with Gasteiger partial charge in [0.15, 0.2) is 0 Å². The predicted molar refractivity (Wildman–Crippen MR) is 79.1 cm³/mol. The van der Waals surface area contributed by atoms with E-state index < -0.39 is 17.7 Å². The maximum Gasteiger partial charge on any atom is 0.314 e. The zero-order valence-electron chi connectivity index (χ0n) is 12.8. The van der Waals surface area contributed by atoms with Crippen LogP contribution in [0.5, 0.6) is 0 Å². The van der Waals surface area contributed by atoms with Crippen LogP contribution in [-0.2, 0) is 20.7 Å². The number of hydrogen-bond acceptors (Lipinski definition) is 5. The van der Waals surface area contributed by atoms with Crippen molar-refractivity contribution in [2.45, 2.75) is 19.3 Å². The molecule has 23 heavy (non-hydrogen) atoms. The summed E-state index contributed by atoms with van der Waals surface area (Å²) in [6, 6.07) is 7.15. The Morgan fingerprint density at radius 3 is 2.61 bits per heavy atom. The molecule has 0 aliphatic rings. The Hall–Kier alpha value is -2.70. The second-order valence-corrected chi connectivity index (χ2v) is 5.04. The molecular formula is C16H17FN2O4. The zero-order valence-corrected chi connectivity index (χ0v) is 12.8. The summed E-state index contributed by atoms with van der Waals surface area (Å²) in [7, 11) is 1.26. The van der Waals surface area contributed by atoms with Gasteiger partial charge in [-0.05, 0) is 24.6 Å². The number of hydrogen-bond donors (Lipinski definition) is 1. The Bertz CT molecular complexity index is 682. The topological polar surface area (TPSA) is 81.4 Å². The van der Waals surface area contributed by atoms with Gasteiger partial charge in [-0.3, -0.25) is 9.59 Å². The number of carbonyl (C=O) groups excluding carboxylic acids is 2. The largest absolute Gasteiger partial charge is 0.468 e. The van der Waals surface area contributed by atoms with Crippen molar-refractivity contribution < 1.29 is 23.2 Å². The highest BCUT2D eigenvalue weighted by Gasteiger charge is 2.22. The van der Waals surface area contributed by atoms with Gasteiger partial charge < -0.3 is 14.6 Å². The van der Waals surface area contributed by atoms with Gasteiger partial charge >= 0.3 is 5.97 Å². The van der Waals surface area contributed by atoms with E-state index in [1.165, 1.54) is 31.4 Å². The van der Waals surface area contributed by atoms with E-state index >= 15 is 0 Å². The number of halogens is 1. The Balaban J connectivity index is 1.99. The molecule has 7 heteroatoms. The number of nitrogens with one attached hydrogen (secondary N) is 1. The van der Waals surface area contributed by atoms with Crippen molar-refractivity contribution in [1.29, 1.82) is 0 Å². The molecule has 0 radical (unpaired) electrons. The molecule has 1 heterocycles. The fraction of sp³-hybridized carbons (Fsp3) is 0.312. The van der Waals surface area contributed by atoms with Crippen LogP contribution in [0.15, 0.2) is 34.9 Å². The molecule has 2 aromatic rings. The molecule has 1 amide bonds. The number of rotatable bonds is 6. The van der Waals surface area contributed by atoms with E-state index in [-0.39, 0.29) is 18.9 Å². The van der Waals surface area contributed by atoms with Gasteiger partial charge in [0.25, 0.3) is 0 Å². The van der Waals surface area contributed by atoms with Crippen LogP contribution in [0, 0.1) is 12.7 Å². The normalized spacial score (nSPS) is 11.8. The minimum Gasteiger partial charge on any atom is -0.468 e. The fourth-order valence-corrected chi connectivity index (χ4v) is 2.12. The number of esters is 1. The number of aryl methyl sites for hydroxylation is 1. The molecular weight excluding hydrogens is 303 g/mol. The molecule has 1 atom stereocenters. The third kappa shape index (κ3) is 4.64. The minimum absolute atomic E-state index is 0.0496. The lowest BCUT2D eigenvalue weighted by molar-refractivity contribution is -0.142. The molecule has 1 aromatic carbocycles. The molecule has 0 fully saturated rings. The van der Waals surface area contributed by atoms with Crippen LogP contribution in [0.1, 0.15) is 22.9 Å². The van der Waals surface area contributed by atoms with Gasteiger partial charge in [0.2, 0.25) is 5.91 Å². The number of carbonyl (C=O) groups is 2. The summed E-state index contributed by atoms with van der Waals surface area (Å²) in [6.45, 7) is 1.78. The summed E-state index contributed by atoms with van der Waals surface area (Å²) < 4.78 is 22.6. The number of amides is 1. The average molecular weight is 320 g/mol. The Labute approximate surface area is 132 Å². The van der Waals surface area contributed by atoms with E-state index in [9.17, 15) is 14.0 Å². The van der Waals surface area contributed by atoms with Crippen LogP contribution in [0.3, 0.4) is 0 Å². The maximum absolute atomic E-state index is 13.0. The fourth-order valence-electron chi connectivity index (χ4n) is 2.12. The predicted octanol–water partition coefficient (Wildman–Crippen LogP) is 1.74. The van der Waals surface area contributed by atoms with Crippen LogP contribution in [0.2, 0.25) is 0 Å². The number of benzene rings is 1. The van der Waals surface area contributed by atoms with Gasteiger partial charge in [-0.1, -0.05) is 17.3 Å². The second kappa shape index (κ2) is 7.53. The quantitative estimate of drug-likeness (QED) is 0.820. The third-order valence-electron chi connectivity index (χ3n) is 3.28. The van der Waals surface area contributed by atoms with E-state index in [0.717, 1.165) is 0 Å². The standard InChI is InChI=1S/C16H17FN2O4/c1-10-7-13(19-23-10)8-15(20)18-9-14(16(21)22-2)11-3-5-12(17)6-4-11/h3-7,14H,8-9H2,1-2H3,(H,18,20)/t14-/m0/s1. The highest BCUT2D eigenvalue weighted by atomic mass is 19.1. The van der Waals surface area contributed by atoms with Crippen LogP contribution in [0.4, 0.5) is 4.39 Å². The lowest BCUT2D eigenvalue weighted by Gasteiger charge is -2.15. The molecule has 122 valence electrons. The highest BCUT2D eigenvalue weighted by molar-refractivity contribution is 5.81. The zero-order chi connectivity index (χ0) is 16.8. The first kappa shape index (κ1) is 16.7. The van der Waals surface area contributed by atoms with E-state index in [2.05, 4.69) is 10.5 Å². The number of aromatic nitrogens is 1. The highest BCUT2D eigenvalue weighted by Crippen LogP contribution is 2.17. The van der Waals surface area contributed by atoms with Gasteiger partial charge in [0.05, 0.1) is 25.1 Å². The average Bonchev–Trinajstić information content (AvgIpc) is 2.93. The van der Waals surface area contributed by atoms with E-state index in [0.29, 0.717) is 17.0 Å². The third-order valence-corrected chi connectivity index (χ3v) is 3.28.